The van der Waals surface area contributed by atoms with Crippen molar-refractivity contribution in [3.8, 4) is 0 Å². The molecular formula is C17H26Cl2N2. The predicted molar refractivity (Wildman–Crippen MR) is 92.3 cm³/mol. The van der Waals surface area contributed by atoms with Crippen molar-refractivity contribution < 1.29 is 0 Å². The molecule has 1 heterocycles. The number of likely N-dealkylation sites (tertiary alicyclic amines) is 1. The largest absolute Gasteiger partial charge is 0.313 e. The van der Waals surface area contributed by atoms with E-state index in [9.17, 15) is 0 Å². The molecular weight excluding hydrogens is 303 g/mol. The molecule has 1 atom stereocenters. The Morgan fingerprint density at radius 1 is 1.29 bits per heavy atom. The Morgan fingerprint density at radius 3 is 2.62 bits per heavy atom. The lowest BCUT2D eigenvalue weighted by atomic mass is 9.94. The van der Waals surface area contributed by atoms with Gasteiger partial charge in [-0.1, -0.05) is 48.7 Å². The first-order valence-electron chi connectivity index (χ1n) is 7.99. The molecule has 0 aliphatic carbocycles. The zero-order valence-corrected chi connectivity index (χ0v) is 14.6. The molecule has 0 aromatic heterocycles. The lowest BCUT2D eigenvalue weighted by Gasteiger charge is -2.32. The van der Waals surface area contributed by atoms with E-state index in [0.29, 0.717) is 10.0 Å². The standard InChI is InChI=1S/C17H26Cl2N2/c1-3-13-7-10-21(11-8-13)12-9-16(20-2)14-5-4-6-15(18)17(14)19/h4-6,13,16,20H,3,7-12H2,1-2H3. The van der Waals surface area contributed by atoms with E-state index in [0.717, 1.165) is 24.4 Å². The van der Waals surface area contributed by atoms with Gasteiger partial charge < -0.3 is 10.2 Å². The third-order valence-corrected chi connectivity index (χ3v) is 5.56. The summed E-state index contributed by atoms with van der Waals surface area (Å²) in [7, 11) is 1.99. The van der Waals surface area contributed by atoms with Gasteiger partial charge in [-0.25, -0.2) is 0 Å². The van der Waals surface area contributed by atoms with Gasteiger partial charge in [-0.05, 0) is 63.5 Å². The van der Waals surface area contributed by atoms with Gasteiger partial charge in [-0.2, -0.15) is 0 Å². The molecule has 0 bridgehead atoms. The lowest BCUT2D eigenvalue weighted by Crippen LogP contribution is -2.35. The molecule has 1 aromatic carbocycles. The Hall–Kier alpha value is -0.280. The van der Waals surface area contributed by atoms with Crippen LogP contribution in [0, 0.1) is 5.92 Å². The molecule has 0 radical (unpaired) electrons. The molecule has 1 saturated heterocycles. The molecule has 2 rings (SSSR count). The molecule has 0 saturated carbocycles. The summed E-state index contributed by atoms with van der Waals surface area (Å²) < 4.78 is 0. The van der Waals surface area contributed by atoms with Crippen molar-refractivity contribution in [2.45, 2.75) is 38.6 Å². The number of hydrogen-bond acceptors (Lipinski definition) is 2. The fourth-order valence-corrected chi connectivity index (χ4v) is 3.61. The van der Waals surface area contributed by atoms with Gasteiger partial charge in [-0.15, -0.1) is 0 Å². The maximum Gasteiger partial charge on any atom is 0.0640 e. The number of nitrogens with zero attached hydrogens (tertiary/aromatic N) is 1. The van der Waals surface area contributed by atoms with Gasteiger partial charge >= 0.3 is 0 Å². The van der Waals surface area contributed by atoms with Gasteiger partial charge in [0.1, 0.15) is 0 Å². The zero-order valence-electron chi connectivity index (χ0n) is 13.0. The van der Waals surface area contributed by atoms with Gasteiger partial charge in [0.05, 0.1) is 10.0 Å². The van der Waals surface area contributed by atoms with E-state index in [1.165, 1.54) is 32.4 Å². The minimum absolute atomic E-state index is 0.264. The highest BCUT2D eigenvalue weighted by Gasteiger charge is 2.20. The normalized spacial score (nSPS) is 18.9. The van der Waals surface area contributed by atoms with Crippen molar-refractivity contribution >= 4 is 23.2 Å². The molecule has 1 fully saturated rings. The quantitative estimate of drug-likeness (QED) is 0.809. The van der Waals surface area contributed by atoms with Crippen molar-refractivity contribution in [3.63, 3.8) is 0 Å². The van der Waals surface area contributed by atoms with E-state index < -0.39 is 0 Å². The predicted octanol–water partition coefficient (Wildman–Crippen LogP) is 4.77. The van der Waals surface area contributed by atoms with Crippen molar-refractivity contribution in [2.24, 2.45) is 5.92 Å². The second-order valence-corrected chi connectivity index (χ2v) is 6.75. The Morgan fingerprint density at radius 2 is 2.00 bits per heavy atom. The molecule has 1 aromatic rings. The van der Waals surface area contributed by atoms with Crippen LogP contribution in [0.15, 0.2) is 18.2 Å². The lowest BCUT2D eigenvalue weighted by molar-refractivity contribution is 0.175. The van der Waals surface area contributed by atoms with Crippen molar-refractivity contribution in [2.75, 3.05) is 26.7 Å². The summed E-state index contributed by atoms with van der Waals surface area (Å²) in [6, 6.07) is 6.15. The van der Waals surface area contributed by atoms with Crippen LogP contribution in [0.4, 0.5) is 0 Å². The maximum absolute atomic E-state index is 6.34. The molecule has 21 heavy (non-hydrogen) atoms. The van der Waals surface area contributed by atoms with E-state index in [2.05, 4.69) is 23.2 Å². The SMILES string of the molecule is CCC1CCN(CCC(NC)c2cccc(Cl)c2Cl)CC1. The summed E-state index contributed by atoms with van der Waals surface area (Å²) in [5, 5.41) is 4.70. The Labute approximate surface area is 138 Å². The second-order valence-electron chi connectivity index (χ2n) is 5.97. The molecule has 0 amide bonds. The fraction of sp³-hybridized carbons (Fsp3) is 0.647. The number of rotatable bonds is 6. The Balaban J connectivity index is 1.90. The van der Waals surface area contributed by atoms with Crippen LogP contribution in [0.1, 0.15) is 44.2 Å². The number of halogens is 2. The van der Waals surface area contributed by atoms with E-state index in [1.54, 1.807) is 0 Å². The van der Waals surface area contributed by atoms with Crippen molar-refractivity contribution in [3.05, 3.63) is 33.8 Å². The van der Waals surface area contributed by atoms with E-state index in [4.69, 9.17) is 23.2 Å². The number of hydrogen-bond donors (Lipinski definition) is 1. The highest BCUT2D eigenvalue weighted by Crippen LogP contribution is 2.31. The summed E-state index contributed by atoms with van der Waals surface area (Å²) in [5.74, 6) is 0.934. The second kappa shape index (κ2) is 8.38. The highest BCUT2D eigenvalue weighted by molar-refractivity contribution is 6.42. The first kappa shape index (κ1) is 17.1. The molecule has 118 valence electrons. The van der Waals surface area contributed by atoms with Crippen LogP contribution in [0.25, 0.3) is 0 Å². The van der Waals surface area contributed by atoms with Crippen molar-refractivity contribution in [1.29, 1.82) is 0 Å². The van der Waals surface area contributed by atoms with Crippen LogP contribution in [-0.2, 0) is 0 Å². The molecule has 1 aliphatic rings. The molecule has 0 spiro atoms. The summed E-state index contributed by atoms with van der Waals surface area (Å²) in [6.07, 6.45) is 5.08. The number of piperidine rings is 1. The van der Waals surface area contributed by atoms with Crippen LogP contribution in [-0.4, -0.2) is 31.6 Å². The summed E-state index contributed by atoms with van der Waals surface area (Å²) in [5.41, 5.74) is 1.11. The molecule has 1 unspecified atom stereocenters. The summed E-state index contributed by atoms with van der Waals surface area (Å²) in [6.45, 7) is 5.89. The third kappa shape index (κ3) is 4.59. The topological polar surface area (TPSA) is 15.3 Å². The minimum atomic E-state index is 0.264. The average molecular weight is 329 g/mol. The highest BCUT2D eigenvalue weighted by atomic mass is 35.5. The van der Waals surface area contributed by atoms with Gasteiger partial charge in [0.25, 0.3) is 0 Å². The average Bonchev–Trinajstić information content (AvgIpc) is 2.52. The third-order valence-electron chi connectivity index (χ3n) is 4.72. The molecule has 2 nitrogen and oxygen atoms in total. The zero-order chi connectivity index (χ0) is 15.2. The fourth-order valence-electron chi connectivity index (χ4n) is 3.17. The van der Waals surface area contributed by atoms with E-state index in [1.807, 2.05) is 19.2 Å². The first-order chi connectivity index (χ1) is 10.2. The Bertz CT molecular complexity index is 442. The number of nitrogens with one attached hydrogen (secondary N) is 1. The van der Waals surface area contributed by atoms with Crippen molar-refractivity contribution in [1.82, 2.24) is 10.2 Å². The molecule has 4 heteroatoms. The van der Waals surface area contributed by atoms with E-state index in [-0.39, 0.29) is 6.04 Å². The van der Waals surface area contributed by atoms with Crippen LogP contribution in [0.5, 0.6) is 0 Å². The summed E-state index contributed by atoms with van der Waals surface area (Å²) >= 11 is 12.5. The molecule has 1 N–H and O–H groups in total. The van der Waals surface area contributed by atoms with Crippen LogP contribution >= 0.6 is 23.2 Å². The number of benzene rings is 1. The first-order valence-corrected chi connectivity index (χ1v) is 8.74. The monoisotopic (exact) mass is 328 g/mol. The van der Waals surface area contributed by atoms with Gasteiger partial charge in [0, 0.05) is 6.04 Å². The Kier molecular flexibility index (Phi) is 6.81. The minimum Gasteiger partial charge on any atom is -0.313 e. The van der Waals surface area contributed by atoms with Crippen LogP contribution in [0.3, 0.4) is 0 Å². The van der Waals surface area contributed by atoms with E-state index >= 15 is 0 Å². The van der Waals surface area contributed by atoms with Gasteiger partial charge in [-0.3, -0.25) is 0 Å². The van der Waals surface area contributed by atoms with Crippen LogP contribution < -0.4 is 5.32 Å². The maximum atomic E-state index is 6.34. The van der Waals surface area contributed by atoms with Gasteiger partial charge in [0.2, 0.25) is 0 Å². The summed E-state index contributed by atoms with van der Waals surface area (Å²) in [4.78, 5) is 2.58. The van der Waals surface area contributed by atoms with Gasteiger partial charge in [0.15, 0.2) is 0 Å². The smallest absolute Gasteiger partial charge is 0.0640 e. The molecule has 1 aliphatic heterocycles. The van der Waals surface area contributed by atoms with Crippen LogP contribution in [0.2, 0.25) is 10.0 Å².